The van der Waals surface area contributed by atoms with Gasteiger partial charge in [0.15, 0.2) is 0 Å². The second-order valence-electron chi connectivity index (χ2n) is 4.67. The molecule has 0 bridgehead atoms. The van der Waals surface area contributed by atoms with Crippen LogP contribution in [-0.2, 0) is 0 Å². The number of likely N-dealkylation sites (tertiary alicyclic amines) is 1. The van der Waals surface area contributed by atoms with Crippen LogP contribution >= 0.6 is 0 Å². The van der Waals surface area contributed by atoms with Gasteiger partial charge in [-0.2, -0.15) is 0 Å². The van der Waals surface area contributed by atoms with Crippen molar-refractivity contribution in [2.24, 2.45) is 0 Å². The minimum absolute atomic E-state index is 0.727. The highest BCUT2D eigenvalue weighted by molar-refractivity contribution is 4.73. The molecule has 1 fully saturated rings. The SMILES string of the molecule is CCNC1CCCN(C(C)C)CCC1. The fraction of sp³-hybridized carbons (Fsp3) is 1.00. The summed E-state index contributed by atoms with van der Waals surface area (Å²) in [5.74, 6) is 0. The van der Waals surface area contributed by atoms with E-state index >= 15 is 0 Å². The van der Waals surface area contributed by atoms with Gasteiger partial charge in [0.25, 0.3) is 0 Å². The molecule has 0 radical (unpaired) electrons. The van der Waals surface area contributed by atoms with Gasteiger partial charge in [-0.15, -0.1) is 0 Å². The van der Waals surface area contributed by atoms with Crippen LogP contribution in [0.2, 0.25) is 0 Å². The lowest BCUT2D eigenvalue weighted by Gasteiger charge is -2.30. The molecular weight excluding hydrogens is 172 g/mol. The maximum absolute atomic E-state index is 3.58. The molecule has 2 nitrogen and oxygen atoms in total. The molecule has 14 heavy (non-hydrogen) atoms. The number of nitrogens with one attached hydrogen (secondary N) is 1. The Bertz CT molecular complexity index is 135. The number of rotatable bonds is 3. The van der Waals surface area contributed by atoms with Gasteiger partial charge >= 0.3 is 0 Å². The van der Waals surface area contributed by atoms with Crippen molar-refractivity contribution < 1.29 is 0 Å². The van der Waals surface area contributed by atoms with Crippen LogP contribution in [0.3, 0.4) is 0 Å². The Morgan fingerprint density at radius 3 is 2.21 bits per heavy atom. The molecule has 0 unspecified atom stereocenters. The molecule has 1 rings (SSSR count). The van der Waals surface area contributed by atoms with Crippen molar-refractivity contribution in [2.75, 3.05) is 19.6 Å². The van der Waals surface area contributed by atoms with E-state index in [4.69, 9.17) is 0 Å². The maximum Gasteiger partial charge on any atom is 0.00678 e. The van der Waals surface area contributed by atoms with Crippen LogP contribution < -0.4 is 5.32 Å². The zero-order chi connectivity index (χ0) is 10.4. The van der Waals surface area contributed by atoms with Gasteiger partial charge in [0.05, 0.1) is 0 Å². The predicted octanol–water partition coefficient (Wildman–Crippen LogP) is 2.25. The van der Waals surface area contributed by atoms with Gasteiger partial charge in [0.2, 0.25) is 0 Å². The second-order valence-corrected chi connectivity index (χ2v) is 4.67. The quantitative estimate of drug-likeness (QED) is 0.748. The highest BCUT2D eigenvalue weighted by Gasteiger charge is 2.15. The molecule has 84 valence electrons. The third-order valence-corrected chi connectivity index (χ3v) is 3.22. The molecule has 1 aliphatic rings. The topological polar surface area (TPSA) is 15.3 Å². The fourth-order valence-electron chi connectivity index (χ4n) is 2.35. The zero-order valence-corrected chi connectivity index (χ0v) is 10.1. The summed E-state index contributed by atoms with van der Waals surface area (Å²) in [6.07, 6.45) is 5.43. The third-order valence-electron chi connectivity index (χ3n) is 3.22. The molecule has 0 saturated carbocycles. The summed E-state index contributed by atoms with van der Waals surface area (Å²) >= 11 is 0. The van der Waals surface area contributed by atoms with Gasteiger partial charge in [-0.1, -0.05) is 6.92 Å². The summed E-state index contributed by atoms with van der Waals surface area (Å²) in [4.78, 5) is 2.61. The van der Waals surface area contributed by atoms with E-state index in [1.807, 2.05) is 0 Å². The molecule has 0 aromatic carbocycles. The molecule has 1 aliphatic heterocycles. The summed E-state index contributed by atoms with van der Waals surface area (Å²) in [6, 6.07) is 1.51. The minimum Gasteiger partial charge on any atom is -0.314 e. The molecule has 1 N–H and O–H groups in total. The molecule has 2 heteroatoms. The smallest absolute Gasteiger partial charge is 0.00678 e. The van der Waals surface area contributed by atoms with Crippen LogP contribution in [0.15, 0.2) is 0 Å². The molecule has 1 heterocycles. The van der Waals surface area contributed by atoms with E-state index in [-0.39, 0.29) is 0 Å². The van der Waals surface area contributed by atoms with Crippen LogP contribution in [0.5, 0.6) is 0 Å². The zero-order valence-electron chi connectivity index (χ0n) is 10.1. The summed E-state index contributed by atoms with van der Waals surface area (Å²) < 4.78 is 0. The standard InChI is InChI=1S/C12H26N2/c1-4-13-12-7-5-9-14(11(2)3)10-6-8-12/h11-13H,4-10H2,1-3H3. The first kappa shape index (κ1) is 12.0. The number of nitrogens with zero attached hydrogens (tertiary/aromatic N) is 1. The molecule has 0 aromatic heterocycles. The second kappa shape index (κ2) is 6.41. The summed E-state index contributed by atoms with van der Waals surface area (Å²) in [5.41, 5.74) is 0. The molecular formula is C12H26N2. The monoisotopic (exact) mass is 198 g/mol. The van der Waals surface area contributed by atoms with Crippen molar-refractivity contribution in [1.29, 1.82) is 0 Å². The lowest BCUT2D eigenvalue weighted by Crippen LogP contribution is -2.38. The van der Waals surface area contributed by atoms with E-state index in [9.17, 15) is 0 Å². The van der Waals surface area contributed by atoms with E-state index in [1.165, 1.54) is 38.8 Å². The predicted molar refractivity (Wildman–Crippen MR) is 62.6 cm³/mol. The average molecular weight is 198 g/mol. The third kappa shape index (κ3) is 3.97. The van der Waals surface area contributed by atoms with Crippen LogP contribution in [0.4, 0.5) is 0 Å². The first-order valence-electron chi connectivity index (χ1n) is 6.21. The Morgan fingerprint density at radius 1 is 1.21 bits per heavy atom. The van der Waals surface area contributed by atoms with E-state index in [0.717, 1.165) is 18.6 Å². The first-order chi connectivity index (χ1) is 6.74. The summed E-state index contributed by atoms with van der Waals surface area (Å²) in [5, 5.41) is 3.58. The van der Waals surface area contributed by atoms with Gasteiger partial charge in [-0.25, -0.2) is 0 Å². The Hall–Kier alpha value is -0.0800. The van der Waals surface area contributed by atoms with Gasteiger partial charge < -0.3 is 10.2 Å². The molecule has 0 aromatic rings. The van der Waals surface area contributed by atoms with Gasteiger partial charge in [-0.05, 0) is 59.2 Å². The lowest BCUT2D eigenvalue weighted by molar-refractivity contribution is 0.191. The van der Waals surface area contributed by atoms with E-state index in [2.05, 4.69) is 31.0 Å². The Balaban J connectivity index is 2.28. The fourth-order valence-corrected chi connectivity index (χ4v) is 2.35. The largest absolute Gasteiger partial charge is 0.314 e. The van der Waals surface area contributed by atoms with Crippen molar-refractivity contribution >= 4 is 0 Å². The molecule has 0 atom stereocenters. The first-order valence-corrected chi connectivity index (χ1v) is 6.21. The van der Waals surface area contributed by atoms with E-state index in [1.54, 1.807) is 0 Å². The van der Waals surface area contributed by atoms with Crippen LogP contribution in [0.25, 0.3) is 0 Å². The average Bonchev–Trinajstić information content (AvgIpc) is 2.08. The van der Waals surface area contributed by atoms with E-state index < -0.39 is 0 Å². The van der Waals surface area contributed by atoms with Gasteiger partial charge in [0, 0.05) is 12.1 Å². The lowest BCUT2D eigenvalue weighted by atomic mass is 10.0. The van der Waals surface area contributed by atoms with Crippen LogP contribution in [0.1, 0.15) is 46.5 Å². The van der Waals surface area contributed by atoms with Crippen molar-refractivity contribution in [3.8, 4) is 0 Å². The van der Waals surface area contributed by atoms with Crippen LogP contribution in [0, 0.1) is 0 Å². The molecule has 0 aliphatic carbocycles. The molecule has 0 amide bonds. The molecule has 1 saturated heterocycles. The summed E-state index contributed by atoms with van der Waals surface area (Å²) in [6.45, 7) is 10.5. The summed E-state index contributed by atoms with van der Waals surface area (Å²) in [7, 11) is 0. The van der Waals surface area contributed by atoms with Crippen molar-refractivity contribution in [2.45, 2.75) is 58.5 Å². The Morgan fingerprint density at radius 2 is 1.79 bits per heavy atom. The van der Waals surface area contributed by atoms with Crippen molar-refractivity contribution in [3.05, 3.63) is 0 Å². The molecule has 0 spiro atoms. The van der Waals surface area contributed by atoms with Gasteiger partial charge in [-0.3, -0.25) is 0 Å². The van der Waals surface area contributed by atoms with Crippen molar-refractivity contribution in [3.63, 3.8) is 0 Å². The van der Waals surface area contributed by atoms with Gasteiger partial charge in [0.1, 0.15) is 0 Å². The minimum atomic E-state index is 0.727. The number of hydrogen-bond acceptors (Lipinski definition) is 2. The number of hydrogen-bond donors (Lipinski definition) is 1. The van der Waals surface area contributed by atoms with Crippen molar-refractivity contribution in [1.82, 2.24) is 10.2 Å². The highest BCUT2D eigenvalue weighted by Crippen LogP contribution is 2.13. The Kier molecular flexibility index (Phi) is 5.49. The van der Waals surface area contributed by atoms with E-state index in [0.29, 0.717) is 0 Å². The highest BCUT2D eigenvalue weighted by atomic mass is 15.1. The Labute approximate surface area is 89.1 Å². The maximum atomic E-state index is 3.58. The van der Waals surface area contributed by atoms with Crippen LogP contribution in [-0.4, -0.2) is 36.6 Å². The normalized spacial score (nSPS) is 22.3.